The second-order valence-electron chi connectivity index (χ2n) is 7.44. The van der Waals surface area contributed by atoms with E-state index >= 15 is 0 Å². The van der Waals surface area contributed by atoms with Crippen LogP contribution in [0.2, 0.25) is 0 Å². The molecular weight excluding hydrogens is 350 g/mol. The molecule has 0 spiro atoms. The average Bonchev–Trinajstić information content (AvgIpc) is 2.79. The van der Waals surface area contributed by atoms with Gasteiger partial charge in [-0.05, 0) is 24.1 Å². The van der Waals surface area contributed by atoms with Crippen LogP contribution in [0.15, 0.2) is 54.6 Å². The number of hydrogen-bond donors (Lipinski definition) is 0. The summed E-state index contributed by atoms with van der Waals surface area (Å²) in [5.74, 6) is 0.268. The first-order chi connectivity index (χ1) is 13.8. The number of carbonyl (C=O) groups excluding carboxylic acids is 1. The number of rotatable bonds is 5. The zero-order valence-corrected chi connectivity index (χ0v) is 16.4. The van der Waals surface area contributed by atoms with Gasteiger partial charge < -0.3 is 19.4 Å². The Labute approximate surface area is 167 Å². The van der Waals surface area contributed by atoms with Crippen molar-refractivity contribution < 1.29 is 9.53 Å². The molecule has 0 bridgehead atoms. The van der Waals surface area contributed by atoms with E-state index in [1.165, 1.54) is 16.9 Å². The molecule has 2 aliphatic heterocycles. The van der Waals surface area contributed by atoms with Gasteiger partial charge in [-0.3, -0.25) is 4.79 Å². The van der Waals surface area contributed by atoms with Crippen molar-refractivity contribution in [3.63, 3.8) is 0 Å². The van der Waals surface area contributed by atoms with Crippen LogP contribution in [0, 0.1) is 0 Å². The predicted molar refractivity (Wildman–Crippen MR) is 113 cm³/mol. The van der Waals surface area contributed by atoms with Gasteiger partial charge in [0.1, 0.15) is 0 Å². The van der Waals surface area contributed by atoms with Crippen LogP contribution < -0.4 is 9.80 Å². The van der Waals surface area contributed by atoms with Gasteiger partial charge in [0.25, 0.3) is 0 Å². The first-order valence-corrected chi connectivity index (χ1v) is 10.3. The third kappa shape index (κ3) is 4.47. The molecular formula is C23H29N3O2. The van der Waals surface area contributed by atoms with E-state index in [0.29, 0.717) is 6.42 Å². The van der Waals surface area contributed by atoms with Gasteiger partial charge in [0, 0.05) is 45.7 Å². The maximum atomic E-state index is 12.6. The Kier molecular flexibility index (Phi) is 6.12. The summed E-state index contributed by atoms with van der Waals surface area (Å²) in [6.07, 6.45) is 1.41. The van der Waals surface area contributed by atoms with Crippen molar-refractivity contribution >= 4 is 17.3 Å². The largest absolute Gasteiger partial charge is 0.378 e. The summed E-state index contributed by atoms with van der Waals surface area (Å²) in [5, 5.41) is 0. The van der Waals surface area contributed by atoms with Crippen LogP contribution in [0.1, 0.15) is 12.0 Å². The van der Waals surface area contributed by atoms with Gasteiger partial charge >= 0.3 is 0 Å². The van der Waals surface area contributed by atoms with Crippen LogP contribution >= 0.6 is 0 Å². The fraction of sp³-hybridized carbons (Fsp3) is 0.435. The molecule has 28 heavy (non-hydrogen) atoms. The molecule has 5 heteroatoms. The number of amides is 1. The van der Waals surface area contributed by atoms with E-state index in [0.717, 1.165) is 58.9 Å². The van der Waals surface area contributed by atoms with Gasteiger partial charge in [-0.1, -0.05) is 42.5 Å². The summed E-state index contributed by atoms with van der Waals surface area (Å²) < 4.78 is 5.50. The van der Waals surface area contributed by atoms with E-state index in [-0.39, 0.29) is 5.91 Å². The number of anilines is 2. The van der Waals surface area contributed by atoms with E-state index < -0.39 is 0 Å². The van der Waals surface area contributed by atoms with Crippen molar-refractivity contribution in [2.75, 3.05) is 62.3 Å². The first kappa shape index (κ1) is 18.8. The Morgan fingerprint density at radius 1 is 0.750 bits per heavy atom. The number of aryl methyl sites for hydroxylation is 1. The van der Waals surface area contributed by atoms with Gasteiger partial charge in [-0.25, -0.2) is 0 Å². The van der Waals surface area contributed by atoms with Crippen LogP contribution in [0.25, 0.3) is 0 Å². The van der Waals surface area contributed by atoms with E-state index in [2.05, 4.69) is 46.2 Å². The van der Waals surface area contributed by atoms with Crippen molar-refractivity contribution in [2.24, 2.45) is 0 Å². The number of benzene rings is 2. The topological polar surface area (TPSA) is 36.0 Å². The predicted octanol–water partition coefficient (Wildman–Crippen LogP) is 2.80. The second kappa shape index (κ2) is 9.11. The molecule has 0 atom stereocenters. The Bertz CT molecular complexity index is 766. The van der Waals surface area contributed by atoms with Crippen LogP contribution in [-0.2, 0) is 16.0 Å². The summed E-state index contributed by atoms with van der Waals surface area (Å²) >= 11 is 0. The van der Waals surface area contributed by atoms with E-state index in [9.17, 15) is 4.79 Å². The van der Waals surface area contributed by atoms with Crippen LogP contribution in [0.4, 0.5) is 11.4 Å². The number of nitrogens with zero attached hydrogens (tertiary/aromatic N) is 3. The monoisotopic (exact) mass is 379 g/mol. The molecule has 2 heterocycles. The Hall–Kier alpha value is -2.53. The highest BCUT2D eigenvalue weighted by molar-refractivity contribution is 5.77. The standard InChI is InChI=1S/C23H29N3O2/c27-23(11-10-20-6-2-1-3-7-20)26-14-12-24(13-15-26)21-8-4-5-9-22(21)25-16-18-28-19-17-25/h1-9H,10-19H2. The first-order valence-electron chi connectivity index (χ1n) is 10.3. The molecule has 4 rings (SSSR count). The Morgan fingerprint density at radius 3 is 1.96 bits per heavy atom. The van der Waals surface area contributed by atoms with Gasteiger partial charge in [-0.15, -0.1) is 0 Å². The molecule has 0 aromatic heterocycles. The molecule has 2 aliphatic rings. The molecule has 0 radical (unpaired) electrons. The minimum atomic E-state index is 0.268. The minimum Gasteiger partial charge on any atom is -0.378 e. The molecule has 148 valence electrons. The van der Waals surface area contributed by atoms with Gasteiger partial charge in [0.15, 0.2) is 0 Å². The zero-order valence-electron chi connectivity index (χ0n) is 16.4. The maximum absolute atomic E-state index is 12.6. The lowest BCUT2D eigenvalue weighted by Crippen LogP contribution is -2.49. The number of para-hydroxylation sites is 2. The number of hydrogen-bond acceptors (Lipinski definition) is 4. The van der Waals surface area contributed by atoms with Crippen LogP contribution in [0.3, 0.4) is 0 Å². The Balaban J connectivity index is 1.33. The lowest BCUT2D eigenvalue weighted by atomic mass is 10.1. The van der Waals surface area contributed by atoms with Gasteiger partial charge in [0.2, 0.25) is 5.91 Å². The lowest BCUT2D eigenvalue weighted by Gasteiger charge is -2.39. The third-order valence-corrected chi connectivity index (χ3v) is 5.68. The second-order valence-corrected chi connectivity index (χ2v) is 7.44. The third-order valence-electron chi connectivity index (χ3n) is 5.68. The smallest absolute Gasteiger partial charge is 0.223 e. The normalized spacial score (nSPS) is 17.6. The van der Waals surface area contributed by atoms with E-state index in [1.54, 1.807) is 0 Å². The SMILES string of the molecule is O=C(CCc1ccccc1)N1CCN(c2ccccc2N2CCOCC2)CC1. The van der Waals surface area contributed by atoms with E-state index in [4.69, 9.17) is 4.74 Å². The zero-order chi connectivity index (χ0) is 19.2. The van der Waals surface area contributed by atoms with Crippen LogP contribution in [0.5, 0.6) is 0 Å². The van der Waals surface area contributed by atoms with Crippen LogP contribution in [-0.4, -0.2) is 63.3 Å². The lowest BCUT2D eigenvalue weighted by molar-refractivity contribution is -0.131. The fourth-order valence-electron chi connectivity index (χ4n) is 4.05. The number of piperazine rings is 1. The summed E-state index contributed by atoms with van der Waals surface area (Å²) in [4.78, 5) is 19.5. The molecule has 1 amide bonds. The summed E-state index contributed by atoms with van der Waals surface area (Å²) in [6, 6.07) is 18.9. The highest BCUT2D eigenvalue weighted by Gasteiger charge is 2.24. The molecule has 5 nitrogen and oxygen atoms in total. The Morgan fingerprint density at radius 2 is 1.32 bits per heavy atom. The summed E-state index contributed by atoms with van der Waals surface area (Å²) in [5.41, 5.74) is 3.80. The average molecular weight is 380 g/mol. The maximum Gasteiger partial charge on any atom is 0.223 e. The van der Waals surface area contributed by atoms with Crippen molar-refractivity contribution in [2.45, 2.75) is 12.8 Å². The molecule has 2 aromatic carbocycles. The fourth-order valence-corrected chi connectivity index (χ4v) is 4.05. The highest BCUT2D eigenvalue weighted by Crippen LogP contribution is 2.30. The number of ether oxygens (including phenoxy) is 1. The molecule has 0 saturated carbocycles. The van der Waals surface area contributed by atoms with Gasteiger partial charge in [-0.2, -0.15) is 0 Å². The molecule has 2 fully saturated rings. The van der Waals surface area contributed by atoms with E-state index in [1.807, 2.05) is 23.1 Å². The molecule has 2 saturated heterocycles. The summed E-state index contributed by atoms with van der Waals surface area (Å²) in [7, 11) is 0. The molecule has 0 aliphatic carbocycles. The quantitative estimate of drug-likeness (QED) is 0.800. The number of morpholine rings is 1. The minimum absolute atomic E-state index is 0.268. The summed E-state index contributed by atoms with van der Waals surface area (Å²) in [6.45, 7) is 6.83. The van der Waals surface area contributed by atoms with Crippen molar-refractivity contribution in [1.29, 1.82) is 0 Å². The number of carbonyl (C=O) groups is 1. The van der Waals surface area contributed by atoms with Crippen molar-refractivity contribution in [3.05, 3.63) is 60.2 Å². The molecule has 0 unspecified atom stereocenters. The van der Waals surface area contributed by atoms with Crippen molar-refractivity contribution in [1.82, 2.24) is 4.90 Å². The van der Waals surface area contributed by atoms with Gasteiger partial charge in [0.05, 0.1) is 24.6 Å². The van der Waals surface area contributed by atoms with Crippen molar-refractivity contribution in [3.8, 4) is 0 Å². The molecule has 2 aromatic rings. The molecule has 0 N–H and O–H groups in total. The highest BCUT2D eigenvalue weighted by atomic mass is 16.5.